The summed E-state index contributed by atoms with van der Waals surface area (Å²) in [6.45, 7) is 1.83. The molecule has 6 rings (SSSR count). The molecule has 154 valence electrons. The van der Waals surface area contributed by atoms with Crippen molar-refractivity contribution in [1.29, 1.82) is 0 Å². The Morgan fingerprint density at radius 3 is 2.68 bits per heavy atom. The zero-order valence-electron chi connectivity index (χ0n) is 17.2. The lowest BCUT2D eigenvalue weighted by Crippen LogP contribution is -2.34. The summed E-state index contributed by atoms with van der Waals surface area (Å²) in [5, 5.41) is 4.46. The number of piperidine rings is 1. The number of pyridine rings is 3. The third-order valence-corrected chi connectivity index (χ3v) is 6.32. The summed E-state index contributed by atoms with van der Waals surface area (Å²) < 4.78 is 3.63. The van der Waals surface area contributed by atoms with Crippen molar-refractivity contribution in [3.05, 3.63) is 65.3 Å². The van der Waals surface area contributed by atoms with Gasteiger partial charge in [0.25, 0.3) is 0 Å². The summed E-state index contributed by atoms with van der Waals surface area (Å²) in [6.07, 6.45) is 5.50. The molecule has 5 heterocycles. The number of nitrogens with zero attached hydrogens (tertiary/aromatic N) is 5. The van der Waals surface area contributed by atoms with Crippen LogP contribution in [0.15, 0.2) is 59.7 Å². The molecule has 4 aromatic heterocycles. The van der Waals surface area contributed by atoms with Gasteiger partial charge in [0.2, 0.25) is 0 Å². The normalized spacial score (nSPS) is 15.3. The van der Waals surface area contributed by atoms with Gasteiger partial charge in [0.05, 0.1) is 34.0 Å². The molecule has 5 aromatic rings. The van der Waals surface area contributed by atoms with E-state index in [2.05, 4.69) is 27.4 Å². The molecule has 1 N–H and O–H groups in total. The first kappa shape index (κ1) is 18.2. The number of aromatic nitrogens is 5. The van der Waals surface area contributed by atoms with Gasteiger partial charge >= 0.3 is 5.69 Å². The van der Waals surface area contributed by atoms with Crippen LogP contribution in [0.4, 0.5) is 0 Å². The van der Waals surface area contributed by atoms with E-state index >= 15 is 0 Å². The van der Waals surface area contributed by atoms with Gasteiger partial charge in [-0.2, -0.15) is 0 Å². The molecule has 0 radical (unpaired) electrons. The number of fused-ring (bicyclic) bond motifs is 4. The lowest BCUT2D eigenvalue weighted by Gasteiger charge is -2.24. The first-order valence-corrected chi connectivity index (χ1v) is 10.6. The van der Waals surface area contributed by atoms with E-state index in [-0.39, 0.29) is 11.7 Å². The van der Waals surface area contributed by atoms with Crippen LogP contribution in [-0.2, 0) is 7.05 Å². The van der Waals surface area contributed by atoms with Crippen LogP contribution in [0.1, 0.15) is 18.9 Å². The van der Waals surface area contributed by atoms with E-state index in [1.807, 2.05) is 48.1 Å². The Hall–Kier alpha value is -3.58. The molecular formula is C24H22N6O. The second-order valence-electron chi connectivity index (χ2n) is 8.17. The zero-order chi connectivity index (χ0) is 20.9. The van der Waals surface area contributed by atoms with Crippen LogP contribution < -0.4 is 11.0 Å². The second-order valence-corrected chi connectivity index (χ2v) is 8.17. The number of aryl methyl sites for hydroxylation is 1. The van der Waals surface area contributed by atoms with Gasteiger partial charge in [-0.15, -0.1) is 0 Å². The Bertz CT molecular complexity index is 1510. The summed E-state index contributed by atoms with van der Waals surface area (Å²) in [5.74, 6) is 0. The molecule has 0 aliphatic carbocycles. The Labute approximate surface area is 178 Å². The van der Waals surface area contributed by atoms with Gasteiger partial charge in [-0.25, -0.2) is 9.78 Å². The largest absolute Gasteiger partial charge is 0.329 e. The summed E-state index contributed by atoms with van der Waals surface area (Å²) in [7, 11) is 1.81. The van der Waals surface area contributed by atoms with Gasteiger partial charge < -0.3 is 5.32 Å². The van der Waals surface area contributed by atoms with Gasteiger partial charge in [0.15, 0.2) is 0 Å². The van der Waals surface area contributed by atoms with E-state index in [1.54, 1.807) is 10.8 Å². The maximum atomic E-state index is 13.2. The van der Waals surface area contributed by atoms with Crippen molar-refractivity contribution in [3.8, 4) is 11.3 Å². The van der Waals surface area contributed by atoms with E-state index in [0.29, 0.717) is 0 Å². The molecule has 0 amide bonds. The predicted molar refractivity (Wildman–Crippen MR) is 122 cm³/mol. The lowest BCUT2D eigenvalue weighted by molar-refractivity contribution is 0.366. The number of rotatable bonds is 2. The van der Waals surface area contributed by atoms with Crippen molar-refractivity contribution in [2.45, 2.75) is 18.9 Å². The Morgan fingerprint density at radius 2 is 1.81 bits per heavy atom. The van der Waals surface area contributed by atoms with E-state index in [4.69, 9.17) is 4.98 Å². The number of hydrogen-bond donors (Lipinski definition) is 1. The minimum Gasteiger partial charge on any atom is -0.317 e. The van der Waals surface area contributed by atoms with Gasteiger partial charge in [-0.1, -0.05) is 18.2 Å². The molecule has 0 unspecified atom stereocenters. The summed E-state index contributed by atoms with van der Waals surface area (Å²) >= 11 is 0. The topological polar surface area (TPSA) is 77.6 Å². The average Bonchev–Trinajstić information content (AvgIpc) is 3.09. The minimum absolute atomic E-state index is 0.00391. The van der Waals surface area contributed by atoms with Crippen molar-refractivity contribution in [2.24, 2.45) is 7.05 Å². The number of imidazole rings is 1. The molecular weight excluding hydrogens is 388 g/mol. The fraction of sp³-hybridized carbons (Fsp3) is 0.250. The van der Waals surface area contributed by atoms with Crippen LogP contribution in [-0.4, -0.2) is 37.2 Å². The highest BCUT2D eigenvalue weighted by molar-refractivity contribution is 6.00. The van der Waals surface area contributed by atoms with Crippen molar-refractivity contribution < 1.29 is 0 Å². The number of benzene rings is 1. The van der Waals surface area contributed by atoms with E-state index < -0.39 is 0 Å². The fourth-order valence-corrected chi connectivity index (χ4v) is 4.66. The number of para-hydroxylation sites is 1. The number of hydrogen-bond acceptors (Lipinski definition) is 5. The monoisotopic (exact) mass is 410 g/mol. The molecule has 1 aliphatic rings. The van der Waals surface area contributed by atoms with E-state index in [0.717, 1.165) is 70.2 Å². The first-order chi connectivity index (χ1) is 15.2. The first-order valence-electron chi connectivity index (χ1n) is 10.6. The lowest BCUT2D eigenvalue weighted by atomic mass is 10.1. The van der Waals surface area contributed by atoms with Crippen LogP contribution in [0.3, 0.4) is 0 Å². The van der Waals surface area contributed by atoms with E-state index in [1.165, 1.54) is 0 Å². The maximum Gasteiger partial charge on any atom is 0.329 e. The molecule has 0 bridgehead atoms. The molecule has 1 fully saturated rings. The highest BCUT2D eigenvalue weighted by atomic mass is 16.1. The quantitative estimate of drug-likeness (QED) is 0.483. The van der Waals surface area contributed by atoms with Crippen LogP contribution in [0.25, 0.3) is 44.2 Å². The smallest absolute Gasteiger partial charge is 0.317 e. The summed E-state index contributed by atoms with van der Waals surface area (Å²) in [4.78, 5) is 27.3. The molecule has 31 heavy (non-hydrogen) atoms. The molecule has 7 heteroatoms. The highest BCUT2D eigenvalue weighted by Gasteiger charge is 2.23. The maximum absolute atomic E-state index is 13.2. The SMILES string of the molecule is Cn1c(=O)n(C2CCNCC2)c2c3nc(-c4cnc5ccccc5c4)ccc3ncc21. The molecule has 7 nitrogen and oxygen atoms in total. The van der Waals surface area contributed by atoms with Crippen LogP contribution in [0.5, 0.6) is 0 Å². The van der Waals surface area contributed by atoms with Gasteiger partial charge in [-0.3, -0.25) is 19.1 Å². The second kappa shape index (κ2) is 6.99. The Kier molecular flexibility index (Phi) is 4.11. The molecule has 0 atom stereocenters. The summed E-state index contributed by atoms with van der Waals surface area (Å²) in [5.41, 5.74) is 5.97. The number of nitrogens with one attached hydrogen (secondary N) is 1. The van der Waals surface area contributed by atoms with Crippen molar-refractivity contribution in [2.75, 3.05) is 13.1 Å². The molecule has 1 aliphatic heterocycles. The third-order valence-electron chi connectivity index (χ3n) is 6.32. The van der Waals surface area contributed by atoms with Crippen LogP contribution in [0, 0.1) is 0 Å². The third kappa shape index (κ3) is 2.84. The zero-order valence-corrected chi connectivity index (χ0v) is 17.2. The predicted octanol–water partition coefficient (Wildman–Crippen LogP) is 3.42. The van der Waals surface area contributed by atoms with Gasteiger partial charge in [0.1, 0.15) is 5.52 Å². The summed E-state index contributed by atoms with van der Waals surface area (Å²) in [6, 6.07) is 14.3. The van der Waals surface area contributed by atoms with Crippen molar-refractivity contribution in [1.82, 2.24) is 29.4 Å². The van der Waals surface area contributed by atoms with Crippen LogP contribution in [0.2, 0.25) is 0 Å². The van der Waals surface area contributed by atoms with Crippen molar-refractivity contribution >= 4 is 33.0 Å². The Balaban J connectivity index is 1.61. The average molecular weight is 410 g/mol. The molecule has 0 saturated carbocycles. The molecule has 1 saturated heterocycles. The molecule has 0 spiro atoms. The van der Waals surface area contributed by atoms with Crippen LogP contribution >= 0.6 is 0 Å². The molecule has 1 aromatic carbocycles. The Morgan fingerprint density at radius 1 is 1.00 bits per heavy atom. The van der Waals surface area contributed by atoms with Gasteiger partial charge in [0, 0.05) is 30.2 Å². The van der Waals surface area contributed by atoms with Gasteiger partial charge in [-0.05, 0) is 50.2 Å². The standard InChI is InChI=1S/C24H22N6O/c1-29-21-14-27-20-7-6-19(16-12-15-4-2-3-5-18(15)26-13-16)28-22(20)23(21)30(24(29)31)17-8-10-25-11-9-17/h2-7,12-14,17,25H,8-11H2,1H3. The fourth-order valence-electron chi connectivity index (χ4n) is 4.66. The van der Waals surface area contributed by atoms with E-state index in [9.17, 15) is 4.79 Å². The van der Waals surface area contributed by atoms with Crippen molar-refractivity contribution in [3.63, 3.8) is 0 Å². The highest BCUT2D eigenvalue weighted by Crippen LogP contribution is 2.29. The minimum atomic E-state index is -0.00391.